The molecule has 0 bridgehead atoms. The second-order valence-corrected chi connectivity index (χ2v) is 8.50. The second kappa shape index (κ2) is 8.28. The lowest BCUT2D eigenvalue weighted by Gasteiger charge is -2.24. The third-order valence-corrected chi connectivity index (χ3v) is 6.55. The Morgan fingerprint density at radius 1 is 1.28 bits per heavy atom. The molecule has 1 N–H and O–H groups in total. The third kappa shape index (κ3) is 3.50. The van der Waals surface area contributed by atoms with Gasteiger partial charge in [-0.3, -0.25) is 4.79 Å². The molecule has 1 amide bonds. The van der Waals surface area contributed by atoms with E-state index in [2.05, 4.69) is 29.3 Å². The van der Waals surface area contributed by atoms with Gasteiger partial charge in [-0.2, -0.15) is 0 Å². The molecule has 0 spiro atoms. The van der Waals surface area contributed by atoms with E-state index in [4.69, 9.17) is 4.74 Å². The van der Waals surface area contributed by atoms with Gasteiger partial charge in [0.1, 0.15) is 5.75 Å². The van der Waals surface area contributed by atoms with Crippen LogP contribution in [-0.2, 0) is 4.79 Å². The Bertz CT molecular complexity index is 1200. The van der Waals surface area contributed by atoms with E-state index in [1.807, 2.05) is 40.8 Å². The quantitative estimate of drug-likeness (QED) is 0.779. The van der Waals surface area contributed by atoms with Crippen LogP contribution in [0.3, 0.4) is 0 Å². The number of methoxy groups -OCH3 is 1. The number of aryl methyl sites for hydroxylation is 1. The maximum atomic E-state index is 13.4. The minimum Gasteiger partial charge on any atom is -0.494 e. The summed E-state index contributed by atoms with van der Waals surface area (Å²) < 4.78 is 7.55. The number of anilines is 1. The van der Waals surface area contributed by atoms with Crippen LogP contribution in [-0.4, -0.2) is 40.8 Å². The lowest BCUT2D eigenvalue weighted by atomic mass is 9.81. The van der Waals surface area contributed by atoms with Crippen molar-refractivity contribution in [1.29, 1.82) is 0 Å². The first kappa shape index (κ1) is 20.5. The standard InChI is InChI=1S/C26H27N3O3/c1-17-13-28(16-27-17)24-10-9-21(12-25(24)32-2)29-14-19-8-7-18(11-23(19)26(29)31)22-6-4-3-5-20(22)15-30/h4,6-10,12-13,16,18,30H,3,5,11,14-15H2,1-2H3. The van der Waals surface area contributed by atoms with Crippen molar-refractivity contribution in [1.82, 2.24) is 9.55 Å². The number of hydrogen-bond donors (Lipinski definition) is 1. The van der Waals surface area contributed by atoms with Crippen molar-refractivity contribution in [2.24, 2.45) is 5.92 Å². The topological polar surface area (TPSA) is 67.6 Å². The Morgan fingerprint density at radius 3 is 2.91 bits per heavy atom. The zero-order valence-corrected chi connectivity index (χ0v) is 18.4. The maximum Gasteiger partial charge on any atom is 0.254 e. The number of amides is 1. The Hall–Kier alpha value is -3.38. The second-order valence-electron chi connectivity index (χ2n) is 8.50. The average molecular weight is 430 g/mol. The lowest BCUT2D eigenvalue weighted by Crippen LogP contribution is -2.27. The number of allylic oxidation sites excluding steroid dienone is 4. The van der Waals surface area contributed by atoms with Crippen LogP contribution in [0.4, 0.5) is 5.69 Å². The number of imidazole rings is 1. The molecule has 1 atom stereocenters. The summed E-state index contributed by atoms with van der Waals surface area (Å²) in [5, 5.41) is 9.76. The first-order valence-corrected chi connectivity index (χ1v) is 11.0. The van der Waals surface area contributed by atoms with Gasteiger partial charge in [0.2, 0.25) is 0 Å². The summed E-state index contributed by atoms with van der Waals surface area (Å²) >= 11 is 0. The van der Waals surface area contributed by atoms with E-state index in [0.29, 0.717) is 18.7 Å². The molecule has 0 saturated carbocycles. The summed E-state index contributed by atoms with van der Waals surface area (Å²) in [6.45, 7) is 2.59. The Labute approximate surface area is 187 Å². The van der Waals surface area contributed by atoms with Gasteiger partial charge in [-0.05, 0) is 55.0 Å². The van der Waals surface area contributed by atoms with Crippen molar-refractivity contribution in [3.05, 3.63) is 83.0 Å². The fraction of sp³-hybridized carbons (Fsp3) is 0.308. The molecule has 164 valence electrons. The molecule has 6 heteroatoms. The molecule has 32 heavy (non-hydrogen) atoms. The van der Waals surface area contributed by atoms with Gasteiger partial charge in [0.25, 0.3) is 5.91 Å². The van der Waals surface area contributed by atoms with Gasteiger partial charge in [-0.15, -0.1) is 0 Å². The molecule has 0 fully saturated rings. The van der Waals surface area contributed by atoms with Crippen molar-refractivity contribution >= 4 is 11.6 Å². The molecule has 1 unspecified atom stereocenters. The maximum absolute atomic E-state index is 13.4. The first-order chi connectivity index (χ1) is 15.6. The Balaban J connectivity index is 1.39. The molecule has 0 saturated heterocycles. The van der Waals surface area contributed by atoms with Crippen molar-refractivity contribution in [3.8, 4) is 11.4 Å². The molecule has 2 aliphatic carbocycles. The van der Waals surface area contributed by atoms with Gasteiger partial charge in [-0.25, -0.2) is 4.98 Å². The number of aromatic nitrogens is 2. The highest BCUT2D eigenvalue weighted by atomic mass is 16.5. The monoisotopic (exact) mass is 429 g/mol. The van der Waals surface area contributed by atoms with Crippen molar-refractivity contribution in [3.63, 3.8) is 0 Å². The van der Waals surface area contributed by atoms with E-state index in [1.165, 1.54) is 0 Å². The first-order valence-electron chi connectivity index (χ1n) is 11.0. The molecule has 2 aromatic rings. The largest absolute Gasteiger partial charge is 0.494 e. The minimum atomic E-state index is 0.0496. The molecular formula is C26H27N3O3. The number of benzene rings is 1. The van der Waals surface area contributed by atoms with Crippen LogP contribution in [0.1, 0.15) is 25.0 Å². The lowest BCUT2D eigenvalue weighted by molar-refractivity contribution is -0.114. The fourth-order valence-corrected chi connectivity index (χ4v) is 4.84. The van der Waals surface area contributed by atoms with E-state index in [9.17, 15) is 9.90 Å². The van der Waals surface area contributed by atoms with Crippen molar-refractivity contribution < 1.29 is 14.6 Å². The highest BCUT2D eigenvalue weighted by Crippen LogP contribution is 2.39. The van der Waals surface area contributed by atoms with E-state index >= 15 is 0 Å². The fourth-order valence-electron chi connectivity index (χ4n) is 4.84. The minimum absolute atomic E-state index is 0.0496. The van der Waals surface area contributed by atoms with Gasteiger partial charge in [0, 0.05) is 29.4 Å². The summed E-state index contributed by atoms with van der Waals surface area (Å²) in [7, 11) is 1.64. The number of ether oxygens (including phenoxy) is 1. The number of aliphatic hydroxyl groups is 1. The summed E-state index contributed by atoms with van der Waals surface area (Å²) in [5.74, 6) is 0.877. The number of nitrogens with zero attached hydrogens (tertiary/aromatic N) is 3. The normalized spacial score (nSPS) is 20.4. The number of carbonyl (C=O) groups is 1. The SMILES string of the molecule is COc1cc(N2CC3=C(CC(C4=C(CO)CCC=C4)C=C3)C2=O)ccc1-n1cnc(C)c1. The van der Waals surface area contributed by atoms with Crippen LogP contribution in [0.15, 0.2) is 77.3 Å². The highest BCUT2D eigenvalue weighted by Gasteiger charge is 2.34. The van der Waals surface area contributed by atoms with E-state index in [1.54, 1.807) is 13.4 Å². The zero-order chi connectivity index (χ0) is 22.2. The van der Waals surface area contributed by atoms with Gasteiger partial charge >= 0.3 is 0 Å². The van der Waals surface area contributed by atoms with Gasteiger partial charge in [-0.1, -0.05) is 24.3 Å². The third-order valence-electron chi connectivity index (χ3n) is 6.55. The molecule has 6 nitrogen and oxygen atoms in total. The van der Waals surface area contributed by atoms with Crippen LogP contribution in [0.25, 0.3) is 5.69 Å². The average Bonchev–Trinajstić information content (AvgIpc) is 3.41. The van der Waals surface area contributed by atoms with Gasteiger partial charge in [0.15, 0.2) is 0 Å². The van der Waals surface area contributed by atoms with Crippen LogP contribution in [0.2, 0.25) is 0 Å². The molecular weight excluding hydrogens is 402 g/mol. The van der Waals surface area contributed by atoms with Gasteiger partial charge in [0.05, 0.1) is 38.0 Å². The van der Waals surface area contributed by atoms with E-state index in [-0.39, 0.29) is 18.4 Å². The summed E-state index contributed by atoms with van der Waals surface area (Å²) in [6.07, 6.45) is 14.8. The van der Waals surface area contributed by atoms with Crippen LogP contribution in [0.5, 0.6) is 5.75 Å². The van der Waals surface area contributed by atoms with Crippen LogP contribution in [0, 0.1) is 12.8 Å². The molecule has 5 rings (SSSR count). The van der Waals surface area contributed by atoms with Crippen molar-refractivity contribution in [2.45, 2.75) is 26.2 Å². The molecule has 2 heterocycles. The number of aliphatic hydroxyl groups excluding tert-OH is 1. The summed E-state index contributed by atoms with van der Waals surface area (Å²) in [5.41, 5.74) is 6.82. The summed E-state index contributed by atoms with van der Waals surface area (Å²) in [4.78, 5) is 19.5. The number of carbonyl (C=O) groups excluding carboxylic acids is 1. The Morgan fingerprint density at radius 2 is 2.16 bits per heavy atom. The summed E-state index contributed by atoms with van der Waals surface area (Å²) in [6, 6.07) is 5.84. The van der Waals surface area contributed by atoms with Crippen LogP contribution < -0.4 is 9.64 Å². The molecule has 3 aliphatic rings. The number of rotatable bonds is 5. The van der Waals surface area contributed by atoms with Gasteiger partial charge < -0.3 is 19.3 Å². The Kier molecular flexibility index (Phi) is 5.31. The van der Waals surface area contributed by atoms with E-state index in [0.717, 1.165) is 52.2 Å². The van der Waals surface area contributed by atoms with E-state index < -0.39 is 0 Å². The molecule has 1 aromatic heterocycles. The predicted octanol–water partition coefficient (Wildman–Crippen LogP) is 4.05. The zero-order valence-electron chi connectivity index (χ0n) is 18.4. The molecule has 0 radical (unpaired) electrons. The number of hydrogen-bond acceptors (Lipinski definition) is 4. The van der Waals surface area contributed by atoms with Crippen molar-refractivity contribution in [2.75, 3.05) is 25.2 Å². The van der Waals surface area contributed by atoms with Crippen LogP contribution >= 0.6 is 0 Å². The molecule has 1 aliphatic heterocycles. The smallest absolute Gasteiger partial charge is 0.254 e. The highest BCUT2D eigenvalue weighted by molar-refractivity contribution is 6.10. The molecule has 1 aromatic carbocycles. The predicted molar refractivity (Wildman–Crippen MR) is 124 cm³/mol.